The van der Waals surface area contributed by atoms with E-state index in [1.54, 1.807) is 22.7 Å². The fraction of sp³-hybridized carbons (Fsp3) is 0.192. The molecule has 5 nitrogen and oxygen atoms in total. The number of aliphatic carboxylic acids is 1. The van der Waals surface area contributed by atoms with E-state index in [1.165, 1.54) is 21.1 Å². The van der Waals surface area contributed by atoms with Crippen LogP contribution in [0.1, 0.15) is 22.3 Å². The zero-order valence-corrected chi connectivity index (χ0v) is 19.5. The van der Waals surface area contributed by atoms with Crippen molar-refractivity contribution in [1.29, 1.82) is 0 Å². The lowest BCUT2D eigenvalue weighted by Crippen LogP contribution is -2.26. The molecule has 33 heavy (non-hydrogen) atoms. The minimum Gasteiger partial charge on any atom is -0.479 e. The molecule has 4 aromatic rings. The first-order valence-corrected chi connectivity index (χ1v) is 12.4. The van der Waals surface area contributed by atoms with E-state index >= 15 is 0 Å². The number of hydrogen-bond acceptors (Lipinski definition) is 6. The van der Waals surface area contributed by atoms with Gasteiger partial charge in [-0.25, -0.2) is 4.79 Å². The number of carboxylic acid groups (broad SMARTS) is 1. The first-order chi connectivity index (χ1) is 16.2. The molecule has 0 fully saturated rings. The van der Waals surface area contributed by atoms with E-state index < -0.39 is 12.1 Å². The first-order valence-electron chi connectivity index (χ1n) is 10.7. The van der Waals surface area contributed by atoms with E-state index in [0.29, 0.717) is 13.2 Å². The second-order valence-corrected chi connectivity index (χ2v) is 9.64. The molecule has 1 atom stereocenters. The Hall–Kier alpha value is -3.13. The van der Waals surface area contributed by atoms with Gasteiger partial charge in [-0.2, -0.15) is 0 Å². The highest BCUT2D eigenvalue weighted by Crippen LogP contribution is 2.44. The Balaban J connectivity index is 1.20. The summed E-state index contributed by atoms with van der Waals surface area (Å²) in [5, 5.41) is 16.3. The molecule has 7 heteroatoms. The summed E-state index contributed by atoms with van der Waals surface area (Å²) in [5.74, 6) is -0.215. The predicted octanol–water partition coefficient (Wildman–Crippen LogP) is 6.10. The smallest absolute Gasteiger partial charge is 0.333 e. The van der Waals surface area contributed by atoms with Gasteiger partial charge in [0.1, 0.15) is 15.8 Å². The lowest BCUT2D eigenvalue weighted by Gasteiger charge is -2.28. The van der Waals surface area contributed by atoms with Crippen molar-refractivity contribution in [2.75, 3.05) is 11.6 Å². The average Bonchev–Trinajstić information content (AvgIpc) is 3.50. The van der Waals surface area contributed by atoms with E-state index in [-0.39, 0.29) is 6.61 Å². The summed E-state index contributed by atoms with van der Waals surface area (Å²) in [7, 11) is 0. The Morgan fingerprint density at radius 1 is 0.909 bits per heavy atom. The van der Waals surface area contributed by atoms with Crippen molar-refractivity contribution in [3.63, 3.8) is 0 Å². The van der Waals surface area contributed by atoms with Crippen molar-refractivity contribution in [3.05, 3.63) is 99.7 Å². The van der Waals surface area contributed by atoms with Crippen molar-refractivity contribution in [3.8, 4) is 5.75 Å². The van der Waals surface area contributed by atoms with Crippen LogP contribution in [0.4, 0.5) is 10.0 Å². The summed E-state index contributed by atoms with van der Waals surface area (Å²) in [6, 6.07) is 21.5. The summed E-state index contributed by atoms with van der Waals surface area (Å²) in [6.07, 6.45) is 0.367. The summed E-state index contributed by atoms with van der Waals surface area (Å²) in [5.41, 5.74) is 4.51. The first kappa shape index (κ1) is 21.7. The maximum Gasteiger partial charge on any atom is 0.333 e. The molecule has 0 bridgehead atoms. The fourth-order valence-corrected chi connectivity index (χ4v) is 5.78. The number of ether oxygens (including phenoxy) is 2. The summed E-state index contributed by atoms with van der Waals surface area (Å²) >= 11 is 3.47. The van der Waals surface area contributed by atoms with Crippen molar-refractivity contribution < 1.29 is 19.4 Å². The molecule has 3 heterocycles. The Kier molecular flexibility index (Phi) is 6.44. The molecule has 0 aliphatic carbocycles. The van der Waals surface area contributed by atoms with Crippen molar-refractivity contribution in [2.45, 2.75) is 25.6 Å². The third kappa shape index (κ3) is 4.95. The van der Waals surface area contributed by atoms with Crippen LogP contribution in [-0.4, -0.2) is 23.9 Å². The number of fused-ring (bicyclic) bond motifs is 2. The van der Waals surface area contributed by atoms with Gasteiger partial charge in [0.05, 0.1) is 6.61 Å². The molecule has 2 aromatic heterocycles. The lowest BCUT2D eigenvalue weighted by atomic mass is 10.1. The number of anilines is 2. The van der Waals surface area contributed by atoms with E-state index in [4.69, 9.17) is 9.47 Å². The van der Waals surface area contributed by atoms with Crippen LogP contribution >= 0.6 is 22.7 Å². The van der Waals surface area contributed by atoms with Gasteiger partial charge in [0, 0.05) is 12.8 Å². The van der Waals surface area contributed by atoms with Crippen molar-refractivity contribution >= 4 is 38.6 Å². The highest BCUT2D eigenvalue weighted by molar-refractivity contribution is 7.17. The van der Waals surface area contributed by atoms with Gasteiger partial charge in [-0.15, -0.1) is 22.7 Å². The summed E-state index contributed by atoms with van der Waals surface area (Å²) < 4.78 is 11.8. The maximum absolute atomic E-state index is 11.7. The minimum absolute atomic E-state index is 0.268. The van der Waals surface area contributed by atoms with E-state index in [1.807, 2.05) is 54.6 Å². The normalized spacial score (nSPS) is 13.3. The number of nitrogens with zero attached hydrogens (tertiary/aromatic N) is 1. The van der Waals surface area contributed by atoms with Gasteiger partial charge in [0.25, 0.3) is 0 Å². The van der Waals surface area contributed by atoms with Crippen molar-refractivity contribution in [2.24, 2.45) is 0 Å². The minimum atomic E-state index is -0.963. The Labute approximate surface area is 200 Å². The molecule has 5 rings (SSSR count). The molecule has 2 aromatic carbocycles. The van der Waals surface area contributed by atoms with E-state index in [0.717, 1.165) is 23.3 Å². The van der Waals surface area contributed by atoms with Crippen LogP contribution in [-0.2, 0) is 29.0 Å². The number of thiophene rings is 2. The van der Waals surface area contributed by atoms with Gasteiger partial charge >= 0.3 is 5.97 Å². The van der Waals surface area contributed by atoms with Gasteiger partial charge in [0.2, 0.25) is 0 Å². The number of carbonyl (C=O) groups is 1. The highest BCUT2D eigenvalue weighted by atomic mass is 32.1. The second-order valence-electron chi connectivity index (χ2n) is 7.85. The van der Waals surface area contributed by atoms with Crippen LogP contribution in [0.15, 0.2) is 77.5 Å². The van der Waals surface area contributed by atoms with Gasteiger partial charge < -0.3 is 14.6 Å². The van der Waals surface area contributed by atoms with E-state index in [9.17, 15) is 9.90 Å². The molecular weight excluding hydrogens is 454 g/mol. The van der Waals surface area contributed by atoms with E-state index in [2.05, 4.69) is 27.8 Å². The van der Waals surface area contributed by atoms with Gasteiger partial charge in [-0.1, -0.05) is 42.5 Å². The molecule has 0 radical (unpaired) electrons. The lowest BCUT2D eigenvalue weighted by molar-refractivity contribution is -0.151. The van der Waals surface area contributed by atoms with Crippen LogP contribution in [0.3, 0.4) is 0 Å². The monoisotopic (exact) mass is 477 g/mol. The largest absolute Gasteiger partial charge is 0.479 e. The summed E-state index contributed by atoms with van der Waals surface area (Å²) in [4.78, 5) is 13.9. The topological polar surface area (TPSA) is 59.0 Å². The SMILES string of the molecule is O=C(O)C(Cc1ccc(OCN2c3sccc3Cc3ccsc32)cc1)OCc1ccccc1. The molecule has 1 aliphatic rings. The third-order valence-corrected chi connectivity index (χ3v) is 7.55. The molecule has 0 spiro atoms. The van der Waals surface area contributed by atoms with Crippen LogP contribution in [0.25, 0.3) is 0 Å². The number of rotatable bonds is 9. The average molecular weight is 478 g/mol. The van der Waals surface area contributed by atoms with Crippen LogP contribution < -0.4 is 9.64 Å². The Morgan fingerprint density at radius 3 is 2.21 bits per heavy atom. The molecule has 0 saturated heterocycles. The van der Waals surface area contributed by atoms with Crippen LogP contribution in [0.5, 0.6) is 5.75 Å². The van der Waals surface area contributed by atoms with Gasteiger partial charge in [0.15, 0.2) is 12.8 Å². The molecule has 0 saturated carbocycles. The molecule has 168 valence electrons. The molecule has 1 unspecified atom stereocenters. The summed E-state index contributed by atoms with van der Waals surface area (Å²) in [6.45, 7) is 0.697. The standard InChI is InChI=1S/C26H23NO4S2/c28-26(29)23(30-16-19-4-2-1-3-5-19)14-18-6-8-22(9-7-18)31-17-27-24-20(10-12-32-24)15-21-11-13-33-25(21)27/h1-13,23H,14-17H2,(H,28,29). The van der Waals surface area contributed by atoms with Crippen LogP contribution in [0, 0.1) is 0 Å². The Morgan fingerprint density at radius 2 is 1.58 bits per heavy atom. The predicted molar refractivity (Wildman–Crippen MR) is 132 cm³/mol. The second kappa shape index (κ2) is 9.79. The zero-order chi connectivity index (χ0) is 22.6. The van der Waals surface area contributed by atoms with Crippen LogP contribution in [0.2, 0.25) is 0 Å². The Bertz CT molecular complexity index is 1180. The molecule has 1 aliphatic heterocycles. The zero-order valence-electron chi connectivity index (χ0n) is 17.8. The maximum atomic E-state index is 11.7. The third-order valence-electron chi connectivity index (χ3n) is 5.59. The number of carboxylic acids is 1. The van der Waals surface area contributed by atoms with Crippen molar-refractivity contribution in [1.82, 2.24) is 0 Å². The molecular formula is C26H23NO4S2. The number of benzene rings is 2. The number of hydrogen-bond donors (Lipinski definition) is 1. The molecule has 1 N–H and O–H groups in total. The highest BCUT2D eigenvalue weighted by Gasteiger charge is 2.25. The quantitative estimate of drug-likeness (QED) is 0.316. The fourth-order valence-electron chi connectivity index (χ4n) is 3.88. The van der Waals surface area contributed by atoms with Gasteiger partial charge in [-0.3, -0.25) is 4.90 Å². The molecule has 0 amide bonds. The van der Waals surface area contributed by atoms with Gasteiger partial charge in [-0.05, 0) is 57.3 Å².